The summed E-state index contributed by atoms with van der Waals surface area (Å²) in [5, 5.41) is 0. The lowest BCUT2D eigenvalue weighted by molar-refractivity contribution is -0.145. The molecule has 0 bridgehead atoms. The lowest BCUT2D eigenvalue weighted by Crippen LogP contribution is -2.31. The molecule has 0 aliphatic heterocycles. The van der Waals surface area contributed by atoms with Crippen LogP contribution in [0.15, 0.2) is 21.7 Å². The summed E-state index contributed by atoms with van der Waals surface area (Å²) < 4.78 is 24.4. The van der Waals surface area contributed by atoms with Crippen LogP contribution in [0.1, 0.15) is 37.6 Å². The molecule has 11 heteroatoms. The number of aryl methyl sites for hydroxylation is 3. The van der Waals surface area contributed by atoms with Crippen molar-refractivity contribution in [1.29, 1.82) is 0 Å². The molecule has 1 N–H and O–H groups in total. The van der Waals surface area contributed by atoms with Gasteiger partial charge in [-0.1, -0.05) is 13.3 Å². The summed E-state index contributed by atoms with van der Waals surface area (Å²) >= 11 is 0. The Morgan fingerprint density at radius 1 is 1.09 bits per heavy atom. The SMILES string of the molecule is CCCCn1c(=O)[nH]c(=O)c2c1nc(COC(=O)CCc1cc(OC)c(OC)c(OC)c1)n2C. The van der Waals surface area contributed by atoms with E-state index in [9.17, 15) is 14.4 Å². The van der Waals surface area contributed by atoms with Gasteiger partial charge in [-0.15, -0.1) is 0 Å². The molecule has 3 aromatic rings. The predicted octanol–water partition coefficient (Wildman–Crippen LogP) is 1.93. The number of rotatable bonds is 11. The highest BCUT2D eigenvalue weighted by Gasteiger charge is 2.18. The Morgan fingerprint density at radius 2 is 1.76 bits per heavy atom. The molecule has 2 aromatic heterocycles. The van der Waals surface area contributed by atoms with E-state index in [2.05, 4.69) is 9.97 Å². The smallest absolute Gasteiger partial charge is 0.330 e. The molecule has 34 heavy (non-hydrogen) atoms. The van der Waals surface area contributed by atoms with Gasteiger partial charge in [0.05, 0.1) is 21.3 Å². The van der Waals surface area contributed by atoms with E-state index in [-0.39, 0.29) is 24.2 Å². The van der Waals surface area contributed by atoms with E-state index in [0.29, 0.717) is 36.0 Å². The molecule has 0 saturated heterocycles. The van der Waals surface area contributed by atoms with Crippen molar-refractivity contribution >= 4 is 17.1 Å². The molecule has 3 rings (SSSR count). The van der Waals surface area contributed by atoms with Gasteiger partial charge in [-0.25, -0.2) is 9.78 Å². The second-order valence-electron chi connectivity index (χ2n) is 7.72. The molecule has 0 fully saturated rings. The van der Waals surface area contributed by atoms with Crippen LogP contribution in [0.4, 0.5) is 0 Å². The minimum Gasteiger partial charge on any atom is -0.493 e. The van der Waals surface area contributed by atoms with Crippen molar-refractivity contribution < 1.29 is 23.7 Å². The van der Waals surface area contributed by atoms with E-state index in [4.69, 9.17) is 18.9 Å². The molecule has 0 aliphatic rings. The van der Waals surface area contributed by atoms with Gasteiger partial charge in [0.15, 0.2) is 22.7 Å². The highest BCUT2D eigenvalue weighted by molar-refractivity contribution is 5.72. The summed E-state index contributed by atoms with van der Waals surface area (Å²) in [7, 11) is 6.23. The first-order chi connectivity index (χ1) is 16.3. The number of carbonyl (C=O) groups is 1. The number of methoxy groups -OCH3 is 3. The van der Waals surface area contributed by atoms with Crippen LogP contribution in [0, 0.1) is 0 Å². The van der Waals surface area contributed by atoms with E-state index < -0.39 is 17.2 Å². The van der Waals surface area contributed by atoms with Crippen molar-refractivity contribution in [2.75, 3.05) is 21.3 Å². The van der Waals surface area contributed by atoms with Crippen LogP contribution in [-0.4, -0.2) is 46.4 Å². The fourth-order valence-electron chi connectivity index (χ4n) is 3.69. The van der Waals surface area contributed by atoms with E-state index >= 15 is 0 Å². The number of aromatic amines is 1. The second kappa shape index (κ2) is 10.9. The molecule has 0 atom stereocenters. The lowest BCUT2D eigenvalue weighted by atomic mass is 10.1. The van der Waals surface area contributed by atoms with Gasteiger partial charge in [-0.2, -0.15) is 0 Å². The Morgan fingerprint density at radius 3 is 2.35 bits per heavy atom. The molecule has 0 spiro atoms. The van der Waals surface area contributed by atoms with E-state index in [1.807, 2.05) is 6.92 Å². The quantitative estimate of drug-likeness (QED) is 0.418. The van der Waals surface area contributed by atoms with E-state index in [1.54, 1.807) is 23.7 Å². The summed E-state index contributed by atoms with van der Waals surface area (Å²) in [6.45, 7) is 2.32. The number of benzene rings is 1. The van der Waals surface area contributed by atoms with Gasteiger partial charge >= 0.3 is 11.7 Å². The number of ether oxygens (including phenoxy) is 4. The molecule has 0 radical (unpaired) electrons. The van der Waals surface area contributed by atoms with Crippen molar-refractivity contribution in [3.8, 4) is 17.2 Å². The molecule has 0 saturated carbocycles. The van der Waals surface area contributed by atoms with Crippen molar-refractivity contribution in [2.24, 2.45) is 7.05 Å². The van der Waals surface area contributed by atoms with Crippen LogP contribution in [0.25, 0.3) is 11.2 Å². The third-order valence-electron chi connectivity index (χ3n) is 5.55. The average Bonchev–Trinajstić information content (AvgIpc) is 3.16. The summed E-state index contributed by atoms with van der Waals surface area (Å²) in [5.41, 5.74) is 0.341. The molecule has 0 amide bonds. The lowest BCUT2D eigenvalue weighted by Gasteiger charge is -2.14. The highest BCUT2D eigenvalue weighted by atomic mass is 16.5. The third-order valence-corrected chi connectivity index (χ3v) is 5.55. The molecule has 11 nitrogen and oxygen atoms in total. The normalized spacial score (nSPS) is 11.0. The van der Waals surface area contributed by atoms with Crippen LogP contribution in [0.5, 0.6) is 17.2 Å². The summed E-state index contributed by atoms with van der Waals surface area (Å²) in [6.07, 6.45) is 2.16. The number of H-pyrrole nitrogens is 1. The van der Waals surface area contributed by atoms with Crippen LogP contribution in [-0.2, 0) is 36.2 Å². The molecule has 2 heterocycles. The van der Waals surface area contributed by atoms with Gasteiger partial charge in [0.25, 0.3) is 5.56 Å². The van der Waals surface area contributed by atoms with Crippen molar-refractivity contribution in [3.63, 3.8) is 0 Å². The van der Waals surface area contributed by atoms with Crippen molar-refractivity contribution in [2.45, 2.75) is 45.8 Å². The number of fused-ring (bicyclic) bond motifs is 1. The first-order valence-electron chi connectivity index (χ1n) is 11.0. The Labute approximate surface area is 196 Å². The maximum Gasteiger partial charge on any atom is 0.330 e. The van der Waals surface area contributed by atoms with Gasteiger partial charge in [0.2, 0.25) is 5.75 Å². The van der Waals surface area contributed by atoms with Gasteiger partial charge in [0.1, 0.15) is 12.4 Å². The molecule has 0 aliphatic carbocycles. The molecule has 184 valence electrons. The fourth-order valence-corrected chi connectivity index (χ4v) is 3.69. The zero-order valence-electron chi connectivity index (χ0n) is 20.1. The Kier molecular flexibility index (Phi) is 7.98. The summed E-state index contributed by atoms with van der Waals surface area (Å²) in [4.78, 5) is 43.7. The number of nitrogens with zero attached hydrogens (tertiary/aromatic N) is 3. The predicted molar refractivity (Wildman–Crippen MR) is 125 cm³/mol. The van der Waals surface area contributed by atoms with Gasteiger partial charge in [-0.3, -0.25) is 19.1 Å². The van der Waals surface area contributed by atoms with Crippen LogP contribution in [0.3, 0.4) is 0 Å². The molecule has 1 aromatic carbocycles. The number of aromatic nitrogens is 4. The third kappa shape index (κ3) is 5.08. The Bertz CT molecular complexity index is 1260. The number of nitrogens with one attached hydrogen (secondary N) is 1. The summed E-state index contributed by atoms with van der Waals surface area (Å²) in [5.74, 6) is 1.43. The fraction of sp³-hybridized carbons (Fsp3) is 0.478. The second-order valence-corrected chi connectivity index (χ2v) is 7.72. The van der Waals surface area contributed by atoms with Crippen LogP contribution >= 0.6 is 0 Å². The number of hydrogen-bond donors (Lipinski definition) is 1. The number of carbonyl (C=O) groups excluding carboxylic acids is 1. The summed E-state index contributed by atoms with van der Waals surface area (Å²) in [6, 6.07) is 3.56. The van der Waals surface area contributed by atoms with E-state index in [0.717, 1.165) is 18.4 Å². The number of esters is 1. The maximum absolute atomic E-state index is 12.4. The maximum atomic E-state index is 12.4. The van der Waals surface area contributed by atoms with Gasteiger partial charge in [-0.05, 0) is 30.5 Å². The molecular weight excluding hydrogens is 444 g/mol. The zero-order valence-corrected chi connectivity index (χ0v) is 20.1. The number of unbranched alkanes of at least 4 members (excludes halogenated alkanes) is 1. The van der Waals surface area contributed by atoms with Gasteiger partial charge in [0, 0.05) is 20.0 Å². The van der Waals surface area contributed by atoms with Crippen molar-refractivity contribution in [3.05, 3.63) is 44.4 Å². The first-order valence-corrected chi connectivity index (χ1v) is 11.0. The minimum atomic E-state index is -0.525. The Balaban J connectivity index is 1.72. The molecular formula is C23H30N4O7. The largest absolute Gasteiger partial charge is 0.493 e. The zero-order chi connectivity index (χ0) is 24.8. The minimum absolute atomic E-state index is 0.115. The topological polar surface area (TPSA) is 127 Å². The number of imidazole rings is 1. The highest BCUT2D eigenvalue weighted by Crippen LogP contribution is 2.38. The standard InChI is InChI=1S/C23H30N4O7/c1-6-7-10-27-21-19(22(29)25-23(27)30)26(2)17(24-21)13-34-18(28)9-8-14-11-15(31-3)20(33-5)16(12-14)32-4/h11-12H,6-10,13H2,1-5H3,(H,25,29,30). The average molecular weight is 475 g/mol. The van der Waals surface area contributed by atoms with Crippen LogP contribution in [0.2, 0.25) is 0 Å². The van der Waals surface area contributed by atoms with Gasteiger partial charge < -0.3 is 23.5 Å². The molecule has 0 unspecified atom stereocenters. The van der Waals surface area contributed by atoms with E-state index in [1.165, 1.54) is 25.9 Å². The first kappa shape index (κ1) is 24.9. The van der Waals surface area contributed by atoms with Crippen molar-refractivity contribution in [1.82, 2.24) is 19.1 Å². The number of hydrogen-bond acceptors (Lipinski definition) is 8. The Hall–Kier alpha value is -3.76. The monoisotopic (exact) mass is 474 g/mol. The van der Waals surface area contributed by atoms with Crippen LogP contribution < -0.4 is 25.5 Å².